The molecule has 0 aromatic rings. The number of alkyl halides is 1. The van der Waals surface area contributed by atoms with Gasteiger partial charge in [0, 0.05) is 32.7 Å². The Morgan fingerprint density at radius 3 is 1.83 bits per heavy atom. The maximum atomic E-state index is 11.4. The molecule has 5 atom stereocenters. The lowest BCUT2D eigenvalue weighted by Crippen LogP contribution is -2.62. The van der Waals surface area contributed by atoms with Crippen LogP contribution in [0.4, 0.5) is 0 Å². The Labute approximate surface area is 142 Å². The molecular formula is C14H21BrO8. The molecule has 1 fully saturated rings. The van der Waals surface area contributed by atoms with E-state index < -0.39 is 48.6 Å². The van der Waals surface area contributed by atoms with Gasteiger partial charge in [0.2, 0.25) is 0 Å². The number of halogens is 1. The fraction of sp³-hybridized carbons (Fsp3) is 0.786. The van der Waals surface area contributed by atoms with Crippen LogP contribution in [0.5, 0.6) is 0 Å². The molecule has 1 heterocycles. The van der Waals surface area contributed by atoms with Crippen LogP contribution in [0.25, 0.3) is 0 Å². The van der Waals surface area contributed by atoms with Gasteiger partial charge in [-0.1, -0.05) is 15.9 Å². The summed E-state index contributed by atoms with van der Waals surface area (Å²) >= 11 is 3.26. The summed E-state index contributed by atoms with van der Waals surface area (Å²) in [4.78, 5) is 34.2. The number of esters is 3. The molecule has 0 aromatic heterocycles. The first kappa shape index (κ1) is 19.9. The summed E-state index contributed by atoms with van der Waals surface area (Å²) in [5, 5.41) is 0.305. The number of carbonyl (C=O) groups is 3. The summed E-state index contributed by atoms with van der Waals surface area (Å²) in [6.07, 6.45) is -4.59. The van der Waals surface area contributed by atoms with Crippen LogP contribution in [0.1, 0.15) is 27.7 Å². The monoisotopic (exact) mass is 396 g/mol. The highest BCUT2D eigenvalue weighted by Gasteiger charge is 2.51. The fourth-order valence-corrected chi connectivity index (χ4v) is 2.80. The van der Waals surface area contributed by atoms with Gasteiger partial charge >= 0.3 is 17.9 Å². The standard InChI is InChI=1S/C14H21BrO8/c1-5-19-14-13(22-9(4)18)12(21-8(3)17)11(20-7(2)16)10(6-15)23-14/h10-14H,5-6H2,1-4H3/t10-,11-,12+,13-,14+/m1/s1. The lowest BCUT2D eigenvalue weighted by atomic mass is 9.99. The van der Waals surface area contributed by atoms with Crippen molar-refractivity contribution in [3.8, 4) is 0 Å². The molecule has 0 aliphatic carbocycles. The van der Waals surface area contributed by atoms with E-state index in [2.05, 4.69) is 15.9 Å². The van der Waals surface area contributed by atoms with Gasteiger partial charge < -0.3 is 23.7 Å². The average molecular weight is 397 g/mol. The molecule has 0 aromatic carbocycles. The molecule has 0 radical (unpaired) electrons. The first-order valence-corrected chi connectivity index (χ1v) is 8.27. The van der Waals surface area contributed by atoms with Gasteiger partial charge in [0.05, 0.1) is 0 Å². The third kappa shape index (κ3) is 5.74. The lowest BCUT2D eigenvalue weighted by molar-refractivity contribution is -0.298. The molecule has 0 unspecified atom stereocenters. The van der Waals surface area contributed by atoms with Gasteiger partial charge in [0.1, 0.15) is 6.10 Å². The molecule has 23 heavy (non-hydrogen) atoms. The molecule has 1 saturated heterocycles. The molecule has 1 aliphatic heterocycles. The predicted octanol–water partition coefficient (Wildman–Crippen LogP) is 0.938. The Kier molecular flexibility index (Phi) is 7.93. The molecule has 9 heteroatoms. The highest BCUT2D eigenvalue weighted by Crippen LogP contribution is 2.30. The molecule has 1 rings (SSSR count). The first-order chi connectivity index (χ1) is 10.8. The van der Waals surface area contributed by atoms with E-state index in [0.717, 1.165) is 0 Å². The SMILES string of the molecule is CCO[C@H]1O[C@H](CBr)[C@@H](OC(C)=O)[C@H](OC(C)=O)[C@H]1OC(C)=O. The topological polar surface area (TPSA) is 97.4 Å². The van der Waals surface area contributed by atoms with Gasteiger partial charge in [-0.3, -0.25) is 14.4 Å². The van der Waals surface area contributed by atoms with E-state index in [1.54, 1.807) is 6.92 Å². The smallest absolute Gasteiger partial charge is 0.303 e. The Morgan fingerprint density at radius 2 is 1.39 bits per heavy atom. The highest BCUT2D eigenvalue weighted by atomic mass is 79.9. The highest BCUT2D eigenvalue weighted by molar-refractivity contribution is 9.09. The van der Waals surface area contributed by atoms with Crippen molar-refractivity contribution in [3.05, 3.63) is 0 Å². The zero-order valence-electron chi connectivity index (χ0n) is 13.4. The average Bonchev–Trinajstić information content (AvgIpc) is 2.43. The van der Waals surface area contributed by atoms with E-state index in [1.165, 1.54) is 20.8 Å². The van der Waals surface area contributed by atoms with E-state index in [0.29, 0.717) is 11.9 Å². The van der Waals surface area contributed by atoms with Crippen molar-refractivity contribution in [1.82, 2.24) is 0 Å². The van der Waals surface area contributed by atoms with Crippen LogP contribution in [0, 0.1) is 0 Å². The first-order valence-electron chi connectivity index (χ1n) is 7.14. The Balaban J connectivity index is 3.16. The van der Waals surface area contributed by atoms with E-state index in [9.17, 15) is 14.4 Å². The number of rotatable bonds is 6. The van der Waals surface area contributed by atoms with Gasteiger partial charge in [-0.25, -0.2) is 0 Å². The third-order valence-electron chi connectivity index (χ3n) is 2.98. The molecule has 8 nitrogen and oxygen atoms in total. The molecule has 0 N–H and O–H groups in total. The number of ether oxygens (including phenoxy) is 5. The maximum absolute atomic E-state index is 11.4. The van der Waals surface area contributed by atoms with Crippen LogP contribution in [-0.4, -0.2) is 60.6 Å². The molecule has 0 amide bonds. The van der Waals surface area contributed by atoms with E-state index >= 15 is 0 Å². The van der Waals surface area contributed by atoms with Crippen molar-refractivity contribution in [2.75, 3.05) is 11.9 Å². The zero-order chi connectivity index (χ0) is 17.6. The largest absolute Gasteiger partial charge is 0.456 e. The minimum absolute atomic E-state index is 0.294. The fourth-order valence-electron chi connectivity index (χ4n) is 2.28. The summed E-state index contributed by atoms with van der Waals surface area (Å²) in [6, 6.07) is 0. The predicted molar refractivity (Wildman–Crippen MR) is 80.7 cm³/mol. The van der Waals surface area contributed by atoms with Crippen LogP contribution >= 0.6 is 15.9 Å². The Bertz CT molecular complexity index is 440. The summed E-state index contributed by atoms with van der Waals surface area (Å²) in [5.74, 6) is -1.77. The van der Waals surface area contributed by atoms with Crippen molar-refractivity contribution in [1.29, 1.82) is 0 Å². The summed E-state index contributed by atoms with van der Waals surface area (Å²) < 4.78 is 26.8. The molecule has 0 bridgehead atoms. The van der Waals surface area contributed by atoms with Crippen molar-refractivity contribution in [3.63, 3.8) is 0 Å². The van der Waals surface area contributed by atoms with E-state index in [4.69, 9.17) is 23.7 Å². The van der Waals surface area contributed by atoms with Crippen LogP contribution < -0.4 is 0 Å². The Hall–Kier alpha value is -1.19. The number of hydrogen-bond donors (Lipinski definition) is 0. The van der Waals surface area contributed by atoms with Gasteiger partial charge in [-0.05, 0) is 6.92 Å². The second-order valence-electron chi connectivity index (χ2n) is 4.87. The van der Waals surface area contributed by atoms with Gasteiger partial charge in [0.25, 0.3) is 0 Å². The zero-order valence-corrected chi connectivity index (χ0v) is 15.0. The molecular weight excluding hydrogens is 376 g/mol. The molecule has 0 saturated carbocycles. The molecule has 0 spiro atoms. The second kappa shape index (κ2) is 9.19. The minimum Gasteiger partial charge on any atom is -0.456 e. The van der Waals surface area contributed by atoms with Crippen LogP contribution in [0.15, 0.2) is 0 Å². The van der Waals surface area contributed by atoms with E-state index in [-0.39, 0.29) is 0 Å². The molecule has 1 aliphatic rings. The normalized spacial score (nSPS) is 30.4. The molecule has 132 valence electrons. The Morgan fingerprint density at radius 1 is 0.913 bits per heavy atom. The minimum atomic E-state index is -1.05. The van der Waals surface area contributed by atoms with Crippen LogP contribution in [0.3, 0.4) is 0 Å². The van der Waals surface area contributed by atoms with Gasteiger partial charge in [-0.2, -0.15) is 0 Å². The number of hydrogen-bond acceptors (Lipinski definition) is 8. The third-order valence-corrected chi connectivity index (χ3v) is 3.62. The van der Waals surface area contributed by atoms with Crippen LogP contribution in [0.2, 0.25) is 0 Å². The summed E-state index contributed by atoms with van der Waals surface area (Å²) in [7, 11) is 0. The quantitative estimate of drug-likeness (QED) is 0.371. The second-order valence-corrected chi connectivity index (χ2v) is 5.52. The van der Waals surface area contributed by atoms with Gasteiger partial charge in [-0.15, -0.1) is 0 Å². The lowest BCUT2D eigenvalue weighted by Gasteiger charge is -2.43. The van der Waals surface area contributed by atoms with Crippen molar-refractivity contribution in [2.45, 2.75) is 58.4 Å². The van der Waals surface area contributed by atoms with Gasteiger partial charge in [0.15, 0.2) is 24.6 Å². The van der Waals surface area contributed by atoms with Crippen molar-refractivity contribution < 1.29 is 38.1 Å². The number of carbonyl (C=O) groups excluding carboxylic acids is 3. The van der Waals surface area contributed by atoms with Crippen molar-refractivity contribution >= 4 is 33.8 Å². The van der Waals surface area contributed by atoms with E-state index in [1.807, 2.05) is 0 Å². The van der Waals surface area contributed by atoms with Crippen molar-refractivity contribution in [2.24, 2.45) is 0 Å². The summed E-state index contributed by atoms with van der Waals surface area (Å²) in [5.41, 5.74) is 0. The maximum Gasteiger partial charge on any atom is 0.303 e. The summed E-state index contributed by atoms with van der Waals surface area (Å²) in [6.45, 7) is 5.69. The van der Waals surface area contributed by atoms with Crippen LogP contribution in [-0.2, 0) is 38.1 Å².